The predicted octanol–water partition coefficient (Wildman–Crippen LogP) is 2.13. The Labute approximate surface area is 207 Å². The third-order valence-electron chi connectivity index (χ3n) is 6.78. The maximum absolute atomic E-state index is 13.4. The van der Waals surface area contributed by atoms with Crippen LogP contribution >= 0.6 is 15.9 Å². The molecule has 1 atom stereocenters. The molecule has 0 radical (unpaired) electrons. The molecule has 2 aliphatic heterocycles. The van der Waals surface area contributed by atoms with E-state index in [2.05, 4.69) is 15.9 Å². The van der Waals surface area contributed by atoms with Gasteiger partial charge >= 0.3 is 0 Å². The number of rotatable bonds is 4. The standard InChI is InChI=1S/C25H24BrN3O4S/c1-17-15-19(9-10-21(17)26)34(32,33)28-13-11-27(12-14-28)23-16-24(30)29(25(23)31)22-8-4-6-18-5-2-3-7-20(18)22/h2-10,15,23H,11-14,16H2,1H3/p+1/t23-/m0/s1. The fourth-order valence-electron chi connectivity index (χ4n) is 4.90. The van der Waals surface area contributed by atoms with Gasteiger partial charge in [0.2, 0.25) is 15.9 Å². The second kappa shape index (κ2) is 8.88. The van der Waals surface area contributed by atoms with Crippen molar-refractivity contribution < 1.29 is 22.9 Å². The molecule has 0 aromatic heterocycles. The van der Waals surface area contributed by atoms with E-state index in [1.54, 1.807) is 24.3 Å². The molecule has 2 heterocycles. The highest BCUT2D eigenvalue weighted by Crippen LogP contribution is 2.30. The second-order valence-electron chi connectivity index (χ2n) is 8.80. The fraction of sp³-hybridized carbons (Fsp3) is 0.280. The van der Waals surface area contributed by atoms with E-state index in [9.17, 15) is 18.0 Å². The molecule has 2 aliphatic rings. The molecule has 9 heteroatoms. The smallest absolute Gasteiger partial charge is 0.292 e. The van der Waals surface area contributed by atoms with Crippen LogP contribution in [0.2, 0.25) is 0 Å². The first kappa shape index (κ1) is 23.2. The number of anilines is 1. The van der Waals surface area contributed by atoms with E-state index in [-0.39, 0.29) is 23.1 Å². The van der Waals surface area contributed by atoms with Crippen molar-refractivity contribution in [1.82, 2.24) is 4.31 Å². The number of sulfonamides is 1. The molecule has 7 nitrogen and oxygen atoms in total. The van der Waals surface area contributed by atoms with Gasteiger partial charge in [-0.25, -0.2) is 13.3 Å². The molecular weight excluding hydrogens is 518 g/mol. The van der Waals surface area contributed by atoms with Gasteiger partial charge in [-0.15, -0.1) is 0 Å². The number of carbonyl (C=O) groups is 2. The van der Waals surface area contributed by atoms with Gasteiger partial charge in [0, 0.05) is 9.86 Å². The van der Waals surface area contributed by atoms with Crippen molar-refractivity contribution in [2.45, 2.75) is 24.3 Å². The zero-order valence-corrected chi connectivity index (χ0v) is 21.1. The summed E-state index contributed by atoms with van der Waals surface area (Å²) in [5.41, 5.74) is 1.47. The number of nitrogens with one attached hydrogen (secondary N) is 1. The Kier molecular flexibility index (Phi) is 6.05. The third-order valence-corrected chi connectivity index (χ3v) is 9.56. The molecule has 2 saturated heterocycles. The van der Waals surface area contributed by atoms with Gasteiger partial charge in [-0.05, 0) is 42.1 Å². The predicted molar refractivity (Wildman–Crippen MR) is 133 cm³/mol. The van der Waals surface area contributed by atoms with Gasteiger partial charge in [-0.2, -0.15) is 4.31 Å². The van der Waals surface area contributed by atoms with Gasteiger partial charge in [-0.3, -0.25) is 9.59 Å². The monoisotopic (exact) mass is 542 g/mol. The number of piperazine rings is 1. The lowest BCUT2D eigenvalue weighted by Gasteiger charge is -2.33. The summed E-state index contributed by atoms with van der Waals surface area (Å²) in [5.74, 6) is -0.421. The van der Waals surface area contributed by atoms with Crippen molar-refractivity contribution in [3.8, 4) is 0 Å². The largest absolute Gasteiger partial charge is 0.322 e. The van der Waals surface area contributed by atoms with Crippen LogP contribution in [0.1, 0.15) is 12.0 Å². The molecule has 3 aromatic carbocycles. The first-order valence-electron chi connectivity index (χ1n) is 11.2. The van der Waals surface area contributed by atoms with E-state index in [1.807, 2.05) is 43.3 Å². The van der Waals surface area contributed by atoms with Crippen LogP contribution in [0.3, 0.4) is 0 Å². The highest BCUT2D eigenvalue weighted by Gasteiger charge is 2.47. The van der Waals surface area contributed by atoms with E-state index in [4.69, 9.17) is 0 Å². The normalized spacial score (nSPS) is 20.4. The van der Waals surface area contributed by atoms with Gasteiger partial charge in [-0.1, -0.05) is 52.3 Å². The summed E-state index contributed by atoms with van der Waals surface area (Å²) in [6, 6.07) is 17.8. The maximum Gasteiger partial charge on any atom is 0.292 e. The molecule has 0 unspecified atom stereocenters. The van der Waals surface area contributed by atoms with Gasteiger partial charge < -0.3 is 4.90 Å². The van der Waals surface area contributed by atoms with E-state index in [1.165, 1.54) is 9.21 Å². The van der Waals surface area contributed by atoms with Crippen molar-refractivity contribution in [3.05, 3.63) is 70.7 Å². The van der Waals surface area contributed by atoms with Gasteiger partial charge in [0.15, 0.2) is 6.04 Å². The molecule has 0 aliphatic carbocycles. The van der Waals surface area contributed by atoms with E-state index in [0.717, 1.165) is 25.7 Å². The summed E-state index contributed by atoms with van der Waals surface area (Å²) < 4.78 is 28.6. The lowest BCUT2D eigenvalue weighted by atomic mass is 10.1. The first-order valence-corrected chi connectivity index (χ1v) is 13.5. The Morgan fingerprint density at radius 3 is 2.41 bits per heavy atom. The molecule has 0 spiro atoms. The molecule has 3 aromatic rings. The highest BCUT2D eigenvalue weighted by molar-refractivity contribution is 9.10. The van der Waals surface area contributed by atoms with E-state index in [0.29, 0.717) is 31.9 Å². The summed E-state index contributed by atoms with van der Waals surface area (Å²) in [4.78, 5) is 28.8. The third kappa shape index (κ3) is 3.96. The molecule has 0 saturated carbocycles. The molecule has 34 heavy (non-hydrogen) atoms. The average Bonchev–Trinajstić information content (AvgIpc) is 3.14. The summed E-state index contributed by atoms with van der Waals surface area (Å²) in [6.45, 7) is 3.41. The van der Waals surface area contributed by atoms with Crippen LogP contribution in [-0.2, 0) is 19.6 Å². The zero-order chi connectivity index (χ0) is 24.0. The fourth-order valence-corrected chi connectivity index (χ4v) is 6.67. The molecule has 1 N–H and O–H groups in total. The number of quaternary nitrogens is 1. The van der Waals surface area contributed by atoms with Gasteiger partial charge in [0.1, 0.15) is 0 Å². The number of amides is 2. The molecule has 2 amide bonds. The summed E-state index contributed by atoms with van der Waals surface area (Å²) in [6.07, 6.45) is 0.135. The topological polar surface area (TPSA) is 79.2 Å². The summed E-state index contributed by atoms with van der Waals surface area (Å²) in [5, 5.41) is 1.83. The summed E-state index contributed by atoms with van der Waals surface area (Å²) in [7, 11) is -3.61. The lowest BCUT2D eigenvalue weighted by Crippen LogP contribution is -3.19. The summed E-state index contributed by atoms with van der Waals surface area (Å²) >= 11 is 3.41. The minimum absolute atomic E-state index is 0.135. The molecule has 2 fully saturated rings. The number of nitrogens with zero attached hydrogens (tertiary/aromatic N) is 2. The van der Waals surface area contributed by atoms with Crippen LogP contribution in [0.15, 0.2) is 70.0 Å². The SMILES string of the molecule is Cc1cc(S(=O)(=O)N2CC[NH+]([C@H]3CC(=O)N(c4cccc5ccccc45)C3=O)CC2)ccc1Br. The van der Waals surface area contributed by atoms with Crippen molar-refractivity contribution in [3.63, 3.8) is 0 Å². The Balaban J connectivity index is 1.32. The lowest BCUT2D eigenvalue weighted by molar-refractivity contribution is -0.918. The van der Waals surface area contributed by atoms with Crippen molar-refractivity contribution in [1.29, 1.82) is 0 Å². The average molecular weight is 543 g/mol. The number of fused-ring (bicyclic) bond motifs is 1. The van der Waals surface area contributed by atoms with Crippen LogP contribution in [0, 0.1) is 6.92 Å². The van der Waals surface area contributed by atoms with Gasteiger partial charge in [0.05, 0.1) is 43.2 Å². The van der Waals surface area contributed by atoms with Crippen molar-refractivity contribution >= 4 is 54.2 Å². The second-order valence-corrected chi connectivity index (χ2v) is 11.6. The number of benzene rings is 3. The van der Waals surface area contributed by atoms with Crippen LogP contribution in [0.5, 0.6) is 0 Å². The van der Waals surface area contributed by atoms with Gasteiger partial charge in [0.25, 0.3) is 5.91 Å². The number of aryl methyl sites for hydroxylation is 1. The number of hydrogen-bond donors (Lipinski definition) is 1. The Hall–Kier alpha value is -2.59. The maximum atomic E-state index is 13.4. The van der Waals surface area contributed by atoms with Crippen LogP contribution in [0.25, 0.3) is 10.8 Å². The first-order chi connectivity index (χ1) is 16.3. The quantitative estimate of drug-likeness (QED) is 0.512. The van der Waals surface area contributed by atoms with Crippen molar-refractivity contribution in [2.75, 3.05) is 31.1 Å². The molecular formula is C25H25BrN3O4S+. The van der Waals surface area contributed by atoms with Crippen LogP contribution in [0.4, 0.5) is 5.69 Å². The Bertz CT molecular complexity index is 1400. The van der Waals surface area contributed by atoms with Crippen molar-refractivity contribution in [2.24, 2.45) is 0 Å². The minimum Gasteiger partial charge on any atom is -0.322 e. The Morgan fingerprint density at radius 1 is 0.971 bits per heavy atom. The minimum atomic E-state index is -3.61. The zero-order valence-electron chi connectivity index (χ0n) is 18.7. The molecule has 0 bridgehead atoms. The molecule has 5 rings (SSSR count). The number of hydrogen-bond acceptors (Lipinski definition) is 4. The number of imide groups is 1. The van der Waals surface area contributed by atoms with Crippen LogP contribution in [-0.4, -0.2) is 56.8 Å². The number of halogens is 1. The van der Waals surface area contributed by atoms with E-state index < -0.39 is 16.1 Å². The highest BCUT2D eigenvalue weighted by atomic mass is 79.9. The van der Waals surface area contributed by atoms with E-state index >= 15 is 0 Å². The number of carbonyl (C=O) groups excluding carboxylic acids is 2. The Morgan fingerprint density at radius 2 is 1.68 bits per heavy atom. The van der Waals surface area contributed by atoms with Crippen LogP contribution < -0.4 is 9.80 Å². The molecule has 176 valence electrons.